The molecule has 0 fully saturated rings. The van der Waals surface area contributed by atoms with E-state index in [0.29, 0.717) is 18.8 Å². The lowest BCUT2D eigenvalue weighted by molar-refractivity contribution is -0.123. The molecule has 0 heterocycles. The van der Waals surface area contributed by atoms with Crippen molar-refractivity contribution in [3.05, 3.63) is 29.6 Å². The number of carbonyl (C=O) groups excluding carboxylic acids is 1. The normalized spacial score (nSPS) is 10.3. The van der Waals surface area contributed by atoms with E-state index in [4.69, 9.17) is 4.74 Å². The van der Waals surface area contributed by atoms with Crippen LogP contribution in [-0.4, -0.2) is 25.6 Å². The average Bonchev–Trinajstić information content (AvgIpc) is 2.40. The second-order valence-corrected chi connectivity index (χ2v) is 4.21. The molecule has 1 aromatic rings. The van der Waals surface area contributed by atoms with Crippen molar-refractivity contribution in [1.29, 1.82) is 0 Å². The molecule has 2 N–H and O–H groups in total. The number of benzene rings is 1. The summed E-state index contributed by atoms with van der Waals surface area (Å²) in [6.45, 7) is 5.87. The fourth-order valence-electron chi connectivity index (χ4n) is 1.54. The SMILES string of the molecule is CCCNC(=O)COc1cc(F)cc(CNCC)c1. The lowest BCUT2D eigenvalue weighted by atomic mass is 10.2. The van der Waals surface area contributed by atoms with Crippen LogP contribution >= 0.6 is 0 Å². The molecule has 0 aliphatic carbocycles. The van der Waals surface area contributed by atoms with Gasteiger partial charge in [-0.25, -0.2) is 4.39 Å². The maximum Gasteiger partial charge on any atom is 0.257 e. The van der Waals surface area contributed by atoms with Gasteiger partial charge in [-0.3, -0.25) is 4.79 Å². The third-order valence-electron chi connectivity index (χ3n) is 2.45. The van der Waals surface area contributed by atoms with Crippen LogP contribution in [0.4, 0.5) is 4.39 Å². The van der Waals surface area contributed by atoms with Crippen molar-refractivity contribution in [2.24, 2.45) is 0 Å². The van der Waals surface area contributed by atoms with Crippen LogP contribution in [0.2, 0.25) is 0 Å². The highest BCUT2D eigenvalue weighted by Crippen LogP contribution is 2.16. The number of hydrogen-bond acceptors (Lipinski definition) is 3. The van der Waals surface area contributed by atoms with E-state index >= 15 is 0 Å². The van der Waals surface area contributed by atoms with Gasteiger partial charge >= 0.3 is 0 Å². The highest BCUT2D eigenvalue weighted by Gasteiger charge is 2.05. The lowest BCUT2D eigenvalue weighted by Gasteiger charge is -2.09. The van der Waals surface area contributed by atoms with Crippen LogP contribution in [0.3, 0.4) is 0 Å². The van der Waals surface area contributed by atoms with E-state index in [1.807, 2.05) is 13.8 Å². The van der Waals surface area contributed by atoms with Crippen LogP contribution in [0.1, 0.15) is 25.8 Å². The predicted molar refractivity (Wildman–Crippen MR) is 72.6 cm³/mol. The molecule has 0 spiro atoms. The van der Waals surface area contributed by atoms with Crippen molar-refractivity contribution in [2.75, 3.05) is 19.7 Å². The maximum atomic E-state index is 13.4. The van der Waals surface area contributed by atoms with Gasteiger partial charge in [0, 0.05) is 19.2 Å². The molecule has 0 aromatic heterocycles. The summed E-state index contributed by atoms with van der Waals surface area (Å²) in [6.07, 6.45) is 0.874. The van der Waals surface area contributed by atoms with Gasteiger partial charge < -0.3 is 15.4 Å². The minimum atomic E-state index is -0.362. The van der Waals surface area contributed by atoms with E-state index in [9.17, 15) is 9.18 Å². The van der Waals surface area contributed by atoms with Crippen LogP contribution in [0.5, 0.6) is 5.75 Å². The Balaban J connectivity index is 2.52. The van der Waals surface area contributed by atoms with Crippen molar-refractivity contribution in [3.8, 4) is 5.75 Å². The third kappa shape index (κ3) is 6.20. The highest BCUT2D eigenvalue weighted by molar-refractivity contribution is 5.77. The Morgan fingerprint density at radius 3 is 2.79 bits per heavy atom. The van der Waals surface area contributed by atoms with E-state index in [0.717, 1.165) is 18.5 Å². The Morgan fingerprint density at radius 1 is 1.32 bits per heavy atom. The summed E-state index contributed by atoms with van der Waals surface area (Å²) in [6, 6.07) is 4.47. The quantitative estimate of drug-likeness (QED) is 0.756. The molecule has 0 aliphatic rings. The van der Waals surface area contributed by atoms with Crippen LogP contribution in [0.25, 0.3) is 0 Å². The van der Waals surface area contributed by atoms with E-state index in [2.05, 4.69) is 10.6 Å². The third-order valence-corrected chi connectivity index (χ3v) is 2.45. The predicted octanol–water partition coefficient (Wildman–Crippen LogP) is 1.84. The lowest BCUT2D eigenvalue weighted by Crippen LogP contribution is -2.29. The summed E-state index contributed by atoms with van der Waals surface area (Å²) in [4.78, 5) is 11.4. The first kappa shape index (κ1) is 15.4. The Kier molecular flexibility index (Phi) is 6.89. The highest BCUT2D eigenvalue weighted by atomic mass is 19.1. The molecule has 0 bridgehead atoms. The maximum absolute atomic E-state index is 13.4. The second kappa shape index (κ2) is 8.48. The fourth-order valence-corrected chi connectivity index (χ4v) is 1.54. The Labute approximate surface area is 113 Å². The summed E-state index contributed by atoms with van der Waals surface area (Å²) < 4.78 is 18.7. The first-order valence-corrected chi connectivity index (χ1v) is 6.55. The monoisotopic (exact) mass is 268 g/mol. The molecule has 0 atom stereocenters. The number of rotatable bonds is 8. The molecule has 0 aliphatic heterocycles. The summed E-state index contributed by atoms with van der Waals surface area (Å²) in [5.74, 6) is -0.182. The minimum absolute atomic E-state index is 0.0932. The molecule has 1 aromatic carbocycles. The molecule has 1 rings (SSSR count). The van der Waals surface area contributed by atoms with Gasteiger partial charge in [-0.2, -0.15) is 0 Å². The van der Waals surface area contributed by atoms with Gasteiger partial charge in [0.05, 0.1) is 0 Å². The molecular formula is C14H21FN2O2. The summed E-state index contributed by atoms with van der Waals surface area (Å²) in [7, 11) is 0. The second-order valence-electron chi connectivity index (χ2n) is 4.21. The van der Waals surface area contributed by atoms with Crippen LogP contribution in [-0.2, 0) is 11.3 Å². The largest absolute Gasteiger partial charge is 0.484 e. The van der Waals surface area contributed by atoms with Gasteiger partial charge in [0.1, 0.15) is 11.6 Å². The van der Waals surface area contributed by atoms with E-state index < -0.39 is 0 Å². The average molecular weight is 268 g/mol. The van der Waals surface area contributed by atoms with Crippen molar-refractivity contribution in [1.82, 2.24) is 10.6 Å². The summed E-state index contributed by atoms with van der Waals surface area (Å²) in [5, 5.41) is 5.81. The van der Waals surface area contributed by atoms with Crippen molar-refractivity contribution in [3.63, 3.8) is 0 Å². The number of amides is 1. The van der Waals surface area contributed by atoms with Crippen molar-refractivity contribution in [2.45, 2.75) is 26.8 Å². The topological polar surface area (TPSA) is 50.4 Å². The summed E-state index contributed by atoms with van der Waals surface area (Å²) in [5.41, 5.74) is 0.797. The minimum Gasteiger partial charge on any atom is -0.484 e. The molecule has 4 nitrogen and oxygen atoms in total. The molecule has 19 heavy (non-hydrogen) atoms. The zero-order valence-corrected chi connectivity index (χ0v) is 11.5. The Morgan fingerprint density at radius 2 is 2.11 bits per heavy atom. The molecule has 0 saturated heterocycles. The van der Waals surface area contributed by atoms with Gasteiger partial charge in [-0.15, -0.1) is 0 Å². The standard InChI is InChI=1S/C14H21FN2O2/c1-3-5-17-14(18)10-19-13-7-11(9-16-4-2)6-12(15)8-13/h6-8,16H,3-5,9-10H2,1-2H3,(H,17,18). The number of carbonyl (C=O) groups is 1. The molecule has 106 valence electrons. The Bertz CT molecular complexity index is 410. The van der Waals surface area contributed by atoms with E-state index in [1.54, 1.807) is 6.07 Å². The van der Waals surface area contributed by atoms with Crippen LogP contribution < -0.4 is 15.4 Å². The molecular weight excluding hydrogens is 247 g/mol. The molecule has 5 heteroatoms. The van der Waals surface area contributed by atoms with Gasteiger partial charge in [0.15, 0.2) is 6.61 Å². The first-order chi connectivity index (χ1) is 9.15. The number of ether oxygens (including phenoxy) is 1. The number of halogens is 1. The van der Waals surface area contributed by atoms with E-state index in [1.165, 1.54) is 12.1 Å². The number of hydrogen-bond donors (Lipinski definition) is 2. The van der Waals surface area contributed by atoms with Crippen molar-refractivity contribution >= 4 is 5.91 Å². The van der Waals surface area contributed by atoms with Gasteiger partial charge in [0.2, 0.25) is 0 Å². The Hall–Kier alpha value is -1.62. The first-order valence-electron chi connectivity index (χ1n) is 6.55. The number of nitrogens with one attached hydrogen (secondary N) is 2. The van der Waals surface area contributed by atoms with Crippen LogP contribution in [0.15, 0.2) is 18.2 Å². The fraction of sp³-hybridized carbons (Fsp3) is 0.500. The smallest absolute Gasteiger partial charge is 0.257 e. The van der Waals surface area contributed by atoms with Gasteiger partial charge in [-0.05, 0) is 30.7 Å². The van der Waals surface area contributed by atoms with Crippen molar-refractivity contribution < 1.29 is 13.9 Å². The molecule has 0 radical (unpaired) electrons. The van der Waals surface area contributed by atoms with Gasteiger partial charge in [-0.1, -0.05) is 13.8 Å². The zero-order chi connectivity index (χ0) is 14.1. The van der Waals surface area contributed by atoms with Crippen LogP contribution in [0, 0.1) is 5.82 Å². The molecule has 0 saturated carbocycles. The molecule has 0 unspecified atom stereocenters. The zero-order valence-electron chi connectivity index (χ0n) is 11.5. The molecule has 1 amide bonds. The van der Waals surface area contributed by atoms with E-state index in [-0.39, 0.29) is 18.3 Å². The summed E-state index contributed by atoms with van der Waals surface area (Å²) >= 11 is 0. The van der Waals surface area contributed by atoms with Gasteiger partial charge in [0.25, 0.3) is 5.91 Å².